The molecule has 0 amide bonds. The SMILES string of the molecule is CCCCCCCCC(CC)OCC1CO1. The summed E-state index contributed by atoms with van der Waals surface area (Å²) in [6.07, 6.45) is 11.5. The lowest BCUT2D eigenvalue weighted by atomic mass is 10.1. The van der Waals surface area contributed by atoms with Crippen molar-refractivity contribution in [2.45, 2.75) is 77.4 Å². The van der Waals surface area contributed by atoms with E-state index in [0.29, 0.717) is 12.2 Å². The zero-order valence-corrected chi connectivity index (χ0v) is 11.0. The smallest absolute Gasteiger partial charge is 0.104 e. The monoisotopic (exact) mass is 228 g/mol. The zero-order chi connectivity index (χ0) is 11.6. The van der Waals surface area contributed by atoms with Gasteiger partial charge in [-0.15, -0.1) is 0 Å². The highest BCUT2D eigenvalue weighted by Crippen LogP contribution is 2.15. The first-order valence-corrected chi connectivity index (χ1v) is 7.10. The van der Waals surface area contributed by atoms with Gasteiger partial charge in [0.2, 0.25) is 0 Å². The molecule has 0 spiro atoms. The van der Waals surface area contributed by atoms with E-state index in [1.54, 1.807) is 0 Å². The van der Waals surface area contributed by atoms with E-state index in [9.17, 15) is 0 Å². The van der Waals surface area contributed by atoms with E-state index >= 15 is 0 Å². The Hall–Kier alpha value is -0.0800. The summed E-state index contributed by atoms with van der Waals surface area (Å²) in [5.41, 5.74) is 0. The van der Waals surface area contributed by atoms with Crippen molar-refractivity contribution in [1.29, 1.82) is 0 Å². The van der Waals surface area contributed by atoms with Crippen molar-refractivity contribution in [2.75, 3.05) is 13.2 Å². The van der Waals surface area contributed by atoms with Crippen LogP contribution < -0.4 is 0 Å². The van der Waals surface area contributed by atoms with E-state index in [4.69, 9.17) is 9.47 Å². The molecule has 1 fully saturated rings. The second-order valence-corrected chi connectivity index (χ2v) is 4.88. The minimum Gasteiger partial charge on any atom is -0.375 e. The summed E-state index contributed by atoms with van der Waals surface area (Å²) < 4.78 is 11.0. The highest BCUT2D eigenvalue weighted by Gasteiger charge is 2.23. The van der Waals surface area contributed by atoms with Crippen molar-refractivity contribution in [3.63, 3.8) is 0 Å². The van der Waals surface area contributed by atoms with Crippen LogP contribution in [-0.2, 0) is 9.47 Å². The summed E-state index contributed by atoms with van der Waals surface area (Å²) >= 11 is 0. The van der Waals surface area contributed by atoms with Crippen molar-refractivity contribution in [2.24, 2.45) is 0 Å². The molecule has 2 atom stereocenters. The van der Waals surface area contributed by atoms with Crippen molar-refractivity contribution in [1.82, 2.24) is 0 Å². The molecule has 2 nitrogen and oxygen atoms in total. The summed E-state index contributed by atoms with van der Waals surface area (Å²) in [6, 6.07) is 0. The van der Waals surface area contributed by atoms with Gasteiger partial charge in [-0.2, -0.15) is 0 Å². The summed E-state index contributed by atoms with van der Waals surface area (Å²) in [4.78, 5) is 0. The molecular weight excluding hydrogens is 200 g/mol. The van der Waals surface area contributed by atoms with Crippen LogP contribution in [0.1, 0.15) is 65.2 Å². The fourth-order valence-electron chi connectivity index (χ4n) is 1.97. The third-order valence-electron chi connectivity index (χ3n) is 3.26. The predicted molar refractivity (Wildman–Crippen MR) is 67.8 cm³/mol. The predicted octanol–water partition coefficient (Wildman–Crippen LogP) is 3.93. The van der Waals surface area contributed by atoms with Crippen LogP contribution in [0.15, 0.2) is 0 Å². The molecule has 1 aliphatic heterocycles. The van der Waals surface area contributed by atoms with Gasteiger partial charge in [0, 0.05) is 0 Å². The Kier molecular flexibility index (Phi) is 7.87. The van der Waals surface area contributed by atoms with Crippen LogP contribution in [-0.4, -0.2) is 25.4 Å². The van der Waals surface area contributed by atoms with Gasteiger partial charge in [-0.05, 0) is 12.8 Å². The number of hydrogen-bond donors (Lipinski definition) is 0. The summed E-state index contributed by atoms with van der Waals surface area (Å²) in [5.74, 6) is 0. The second-order valence-electron chi connectivity index (χ2n) is 4.88. The maximum Gasteiger partial charge on any atom is 0.104 e. The maximum absolute atomic E-state index is 5.82. The molecule has 0 radical (unpaired) electrons. The van der Waals surface area contributed by atoms with Gasteiger partial charge in [-0.1, -0.05) is 52.4 Å². The Morgan fingerprint density at radius 1 is 1.12 bits per heavy atom. The van der Waals surface area contributed by atoms with Gasteiger partial charge in [0.1, 0.15) is 6.10 Å². The van der Waals surface area contributed by atoms with Gasteiger partial charge in [0.15, 0.2) is 0 Å². The fraction of sp³-hybridized carbons (Fsp3) is 1.00. The Morgan fingerprint density at radius 3 is 2.44 bits per heavy atom. The first-order valence-electron chi connectivity index (χ1n) is 7.10. The molecule has 0 saturated carbocycles. The quantitative estimate of drug-likeness (QED) is 0.395. The van der Waals surface area contributed by atoms with Gasteiger partial charge in [0.25, 0.3) is 0 Å². The van der Waals surface area contributed by atoms with Crippen molar-refractivity contribution in [3.8, 4) is 0 Å². The van der Waals surface area contributed by atoms with Gasteiger partial charge < -0.3 is 9.47 Å². The largest absolute Gasteiger partial charge is 0.375 e. The van der Waals surface area contributed by atoms with Gasteiger partial charge >= 0.3 is 0 Å². The molecule has 2 heteroatoms. The second kappa shape index (κ2) is 9.00. The first-order chi connectivity index (χ1) is 7.86. The number of rotatable bonds is 11. The Bertz CT molecular complexity index is 155. The number of hydrogen-bond acceptors (Lipinski definition) is 2. The lowest BCUT2D eigenvalue weighted by Crippen LogP contribution is -2.15. The number of epoxide rings is 1. The molecular formula is C14H28O2. The minimum atomic E-state index is 0.415. The van der Waals surface area contributed by atoms with Gasteiger partial charge in [-0.3, -0.25) is 0 Å². The van der Waals surface area contributed by atoms with Gasteiger partial charge in [-0.25, -0.2) is 0 Å². The van der Waals surface area contributed by atoms with Crippen LogP contribution in [0.2, 0.25) is 0 Å². The molecule has 1 aliphatic rings. The van der Waals surface area contributed by atoms with Crippen LogP contribution in [0.5, 0.6) is 0 Å². The molecule has 1 rings (SSSR count). The average Bonchev–Trinajstić information content (AvgIpc) is 3.11. The molecule has 1 heterocycles. The molecule has 0 aromatic heterocycles. The van der Waals surface area contributed by atoms with Crippen LogP contribution in [0.4, 0.5) is 0 Å². The van der Waals surface area contributed by atoms with Crippen LogP contribution in [0, 0.1) is 0 Å². The summed E-state index contributed by atoms with van der Waals surface area (Å²) in [6.45, 7) is 6.21. The van der Waals surface area contributed by atoms with E-state index in [-0.39, 0.29) is 0 Å². The zero-order valence-electron chi connectivity index (χ0n) is 11.0. The van der Waals surface area contributed by atoms with E-state index in [0.717, 1.165) is 19.6 Å². The summed E-state index contributed by atoms with van der Waals surface area (Å²) in [5, 5.41) is 0. The third kappa shape index (κ3) is 7.24. The average molecular weight is 228 g/mol. The van der Waals surface area contributed by atoms with Crippen molar-refractivity contribution in [3.05, 3.63) is 0 Å². The standard InChI is InChI=1S/C14H28O2/c1-3-5-6-7-8-9-10-13(4-2)15-11-14-12-16-14/h13-14H,3-12H2,1-2H3. The topological polar surface area (TPSA) is 21.8 Å². The normalized spacial score (nSPS) is 21.0. The highest BCUT2D eigenvalue weighted by atomic mass is 16.6. The lowest BCUT2D eigenvalue weighted by molar-refractivity contribution is 0.0334. The first kappa shape index (κ1) is 14.0. The molecule has 0 aliphatic carbocycles. The van der Waals surface area contributed by atoms with E-state index in [2.05, 4.69) is 13.8 Å². The van der Waals surface area contributed by atoms with Crippen LogP contribution >= 0.6 is 0 Å². The molecule has 0 aromatic carbocycles. The van der Waals surface area contributed by atoms with Crippen molar-refractivity contribution >= 4 is 0 Å². The molecule has 16 heavy (non-hydrogen) atoms. The third-order valence-corrected chi connectivity index (χ3v) is 3.26. The number of unbranched alkanes of at least 4 members (excludes halogenated alkanes) is 5. The van der Waals surface area contributed by atoms with E-state index < -0.39 is 0 Å². The lowest BCUT2D eigenvalue weighted by Gasteiger charge is -2.15. The maximum atomic E-state index is 5.82. The Morgan fingerprint density at radius 2 is 1.81 bits per heavy atom. The molecule has 1 saturated heterocycles. The van der Waals surface area contributed by atoms with Crippen LogP contribution in [0.25, 0.3) is 0 Å². The molecule has 0 N–H and O–H groups in total. The molecule has 0 aromatic rings. The molecule has 2 unspecified atom stereocenters. The van der Waals surface area contributed by atoms with Gasteiger partial charge in [0.05, 0.1) is 19.3 Å². The van der Waals surface area contributed by atoms with E-state index in [1.807, 2.05) is 0 Å². The highest BCUT2D eigenvalue weighted by molar-refractivity contribution is 4.69. The fourth-order valence-corrected chi connectivity index (χ4v) is 1.97. The van der Waals surface area contributed by atoms with E-state index in [1.165, 1.54) is 44.9 Å². The van der Waals surface area contributed by atoms with Crippen molar-refractivity contribution < 1.29 is 9.47 Å². The Labute approximate surface area is 101 Å². The minimum absolute atomic E-state index is 0.415. The Balaban J connectivity index is 1.87. The van der Waals surface area contributed by atoms with Crippen LogP contribution in [0.3, 0.4) is 0 Å². The molecule has 96 valence electrons. The summed E-state index contributed by atoms with van der Waals surface area (Å²) in [7, 11) is 0. The number of ether oxygens (including phenoxy) is 2. The molecule has 0 bridgehead atoms.